The van der Waals surface area contributed by atoms with E-state index in [1.54, 1.807) is 13.2 Å². The molecule has 0 unspecified atom stereocenters. The Bertz CT molecular complexity index is 308. The van der Waals surface area contributed by atoms with Crippen molar-refractivity contribution in [3.63, 3.8) is 0 Å². The van der Waals surface area contributed by atoms with Crippen LogP contribution in [0, 0.1) is 6.92 Å². The Morgan fingerprint density at radius 2 is 2.00 bits per heavy atom. The van der Waals surface area contributed by atoms with E-state index in [0.29, 0.717) is 5.69 Å². The molecule has 4 heteroatoms. The van der Waals surface area contributed by atoms with Crippen molar-refractivity contribution in [1.82, 2.24) is 5.16 Å². The lowest BCUT2D eigenvalue weighted by molar-refractivity contribution is -0.138. The third-order valence-electron chi connectivity index (χ3n) is 1.82. The second-order valence-electron chi connectivity index (χ2n) is 2.80. The summed E-state index contributed by atoms with van der Waals surface area (Å²) in [5.74, 6) is -0.808. The molecule has 0 radical (unpaired) electrons. The van der Waals surface area contributed by atoms with Crippen molar-refractivity contribution < 1.29 is 14.0 Å². The van der Waals surface area contributed by atoms with Crippen LogP contribution < -0.4 is 0 Å². The van der Waals surface area contributed by atoms with Gasteiger partial charge in [0.2, 0.25) is 0 Å². The van der Waals surface area contributed by atoms with Gasteiger partial charge in [-0.25, -0.2) is 0 Å². The molecule has 4 nitrogen and oxygen atoms in total. The molecular weight excluding hydrogens is 158 g/mol. The molecule has 1 aromatic heterocycles. The van der Waals surface area contributed by atoms with Crippen LogP contribution in [-0.2, 0) is 15.3 Å². The molecule has 0 aromatic carbocycles. The summed E-state index contributed by atoms with van der Waals surface area (Å²) in [6.45, 7) is 3.68. The van der Waals surface area contributed by atoms with Crippen molar-refractivity contribution >= 4 is 0 Å². The average molecular weight is 167 g/mol. The maximum Gasteiger partial charge on any atom is 0.294 e. The van der Waals surface area contributed by atoms with Crippen molar-refractivity contribution in [3.05, 3.63) is 30.0 Å². The molecule has 0 N–H and O–H groups in total. The third kappa shape index (κ3) is 0.879. The van der Waals surface area contributed by atoms with Gasteiger partial charge in [-0.2, -0.15) is 0 Å². The lowest BCUT2D eigenvalue weighted by Crippen LogP contribution is -2.23. The van der Waals surface area contributed by atoms with Crippen LogP contribution in [0.1, 0.15) is 18.2 Å². The van der Waals surface area contributed by atoms with Gasteiger partial charge in [0, 0.05) is 12.5 Å². The van der Waals surface area contributed by atoms with E-state index in [2.05, 4.69) is 5.16 Å². The van der Waals surface area contributed by atoms with Gasteiger partial charge >= 0.3 is 0 Å². The van der Waals surface area contributed by atoms with E-state index >= 15 is 0 Å². The van der Waals surface area contributed by atoms with Gasteiger partial charge in [-0.05, 0) is 6.92 Å². The van der Waals surface area contributed by atoms with E-state index in [1.807, 2.05) is 6.92 Å². The van der Waals surface area contributed by atoms with Gasteiger partial charge in [0.25, 0.3) is 5.79 Å². The van der Waals surface area contributed by atoms with Crippen LogP contribution in [-0.4, -0.2) is 5.16 Å². The first-order valence-electron chi connectivity index (χ1n) is 3.64. The molecule has 2 rings (SSSR count). The number of ether oxygens (including phenoxy) is 2. The Labute approximate surface area is 69.8 Å². The Morgan fingerprint density at radius 3 is 2.50 bits per heavy atom. The van der Waals surface area contributed by atoms with Crippen LogP contribution in [0.2, 0.25) is 0 Å². The predicted molar refractivity (Wildman–Crippen MR) is 39.9 cm³/mol. The molecule has 0 fully saturated rings. The fraction of sp³-hybridized carbons (Fsp3) is 0.375. The van der Waals surface area contributed by atoms with E-state index in [1.165, 1.54) is 12.5 Å². The zero-order chi connectivity index (χ0) is 8.60. The van der Waals surface area contributed by atoms with Gasteiger partial charge < -0.3 is 14.0 Å². The number of nitrogens with zero attached hydrogens (tertiary/aromatic N) is 1. The van der Waals surface area contributed by atoms with E-state index in [4.69, 9.17) is 14.0 Å². The highest BCUT2D eigenvalue weighted by Crippen LogP contribution is 2.31. The molecule has 0 spiro atoms. The van der Waals surface area contributed by atoms with Gasteiger partial charge in [0.05, 0.1) is 0 Å². The summed E-state index contributed by atoms with van der Waals surface area (Å²) >= 11 is 0. The molecule has 0 atom stereocenters. The minimum Gasteiger partial charge on any atom is -0.451 e. The van der Waals surface area contributed by atoms with Crippen molar-refractivity contribution in [1.29, 1.82) is 0 Å². The molecule has 0 saturated carbocycles. The zero-order valence-corrected chi connectivity index (χ0v) is 6.90. The average Bonchev–Trinajstić information content (AvgIpc) is 2.59. The molecule has 0 saturated heterocycles. The predicted octanol–water partition coefficient (Wildman–Crippen LogP) is 1.67. The van der Waals surface area contributed by atoms with E-state index < -0.39 is 5.79 Å². The first-order valence-corrected chi connectivity index (χ1v) is 3.64. The second-order valence-corrected chi connectivity index (χ2v) is 2.80. The lowest BCUT2D eigenvalue weighted by Gasteiger charge is -2.20. The van der Waals surface area contributed by atoms with Gasteiger partial charge in [0.15, 0.2) is 5.69 Å². The van der Waals surface area contributed by atoms with Crippen molar-refractivity contribution in [3.8, 4) is 0 Å². The summed E-state index contributed by atoms with van der Waals surface area (Å²) in [5, 5.41) is 3.80. The highest BCUT2D eigenvalue weighted by atomic mass is 16.7. The van der Waals surface area contributed by atoms with E-state index in [9.17, 15) is 0 Å². The van der Waals surface area contributed by atoms with Crippen LogP contribution in [0.5, 0.6) is 0 Å². The highest BCUT2D eigenvalue weighted by molar-refractivity contribution is 5.18. The largest absolute Gasteiger partial charge is 0.451 e. The van der Waals surface area contributed by atoms with Crippen molar-refractivity contribution in [2.45, 2.75) is 19.6 Å². The molecule has 2 heterocycles. The van der Waals surface area contributed by atoms with E-state index in [0.717, 1.165) is 5.56 Å². The summed E-state index contributed by atoms with van der Waals surface area (Å²) in [6, 6.07) is 0. The Hall–Kier alpha value is -1.45. The zero-order valence-electron chi connectivity index (χ0n) is 6.90. The molecule has 64 valence electrons. The Kier molecular flexibility index (Phi) is 1.36. The van der Waals surface area contributed by atoms with Crippen LogP contribution in [0.4, 0.5) is 0 Å². The summed E-state index contributed by atoms with van der Waals surface area (Å²) in [6.07, 6.45) is 4.55. The molecular formula is C8H9NO3. The van der Waals surface area contributed by atoms with Crippen molar-refractivity contribution in [2.75, 3.05) is 0 Å². The topological polar surface area (TPSA) is 44.5 Å². The van der Waals surface area contributed by atoms with Crippen LogP contribution >= 0.6 is 0 Å². The molecule has 1 aliphatic heterocycles. The van der Waals surface area contributed by atoms with Crippen molar-refractivity contribution in [2.24, 2.45) is 0 Å². The van der Waals surface area contributed by atoms with Gasteiger partial charge in [0.1, 0.15) is 18.8 Å². The monoisotopic (exact) mass is 167 g/mol. The molecule has 0 bridgehead atoms. The van der Waals surface area contributed by atoms with Crippen LogP contribution in [0.15, 0.2) is 23.3 Å². The summed E-state index contributed by atoms with van der Waals surface area (Å²) in [4.78, 5) is 0. The molecule has 1 aromatic rings. The van der Waals surface area contributed by atoms with Gasteiger partial charge in [-0.3, -0.25) is 0 Å². The van der Waals surface area contributed by atoms with Gasteiger partial charge in [-0.15, -0.1) is 0 Å². The minimum atomic E-state index is -0.808. The lowest BCUT2D eigenvalue weighted by atomic mass is 10.1. The van der Waals surface area contributed by atoms with Gasteiger partial charge in [-0.1, -0.05) is 5.16 Å². The normalized spacial score (nSPS) is 18.8. The molecule has 0 amide bonds. The standard InChI is InChI=1S/C8H9NO3/c1-6-5-12-9-7(6)8(2)10-3-4-11-8/h3-5H,1-2H3. The Balaban J connectivity index is 2.36. The number of aromatic nitrogens is 1. The summed E-state index contributed by atoms with van der Waals surface area (Å²) in [7, 11) is 0. The maximum atomic E-state index is 5.24. The van der Waals surface area contributed by atoms with Crippen LogP contribution in [0.25, 0.3) is 0 Å². The second kappa shape index (κ2) is 2.27. The van der Waals surface area contributed by atoms with Crippen LogP contribution in [0.3, 0.4) is 0 Å². The first kappa shape index (κ1) is 7.21. The summed E-state index contributed by atoms with van der Waals surface area (Å²) < 4.78 is 15.3. The number of hydrogen-bond acceptors (Lipinski definition) is 4. The summed E-state index contributed by atoms with van der Waals surface area (Å²) in [5.41, 5.74) is 1.59. The smallest absolute Gasteiger partial charge is 0.294 e. The first-order chi connectivity index (χ1) is 5.72. The fourth-order valence-electron chi connectivity index (χ4n) is 1.18. The number of rotatable bonds is 1. The highest BCUT2D eigenvalue weighted by Gasteiger charge is 2.36. The Morgan fingerprint density at radius 1 is 1.33 bits per heavy atom. The third-order valence-corrected chi connectivity index (χ3v) is 1.82. The molecule has 12 heavy (non-hydrogen) atoms. The SMILES string of the molecule is Cc1conc1C1(C)OC=CO1. The van der Waals surface area contributed by atoms with E-state index in [-0.39, 0.29) is 0 Å². The minimum absolute atomic E-state index is 0.674. The maximum absolute atomic E-state index is 5.24. The fourth-order valence-corrected chi connectivity index (χ4v) is 1.18. The number of hydrogen-bond donors (Lipinski definition) is 0. The quantitative estimate of drug-likeness (QED) is 0.638. The molecule has 1 aliphatic rings. The molecule has 0 aliphatic carbocycles. The number of aryl methyl sites for hydroxylation is 1.